The molecule has 0 aliphatic rings. The molecule has 7 heteroatoms. The van der Waals surface area contributed by atoms with Crippen molar-refractivity contribution < 1.29 is 19.4 Å². The highest BCUT2D eigenvalue weighted by atomic mass is 16.5. The smallest absolute Gasteiger partial charge is 0.335 e. The van der Waals surface area contributed by atoms with E-state index in [0.717, 1.165) is 0 Å². The first kappa shape index (κ1) is 17.2. The number of carboxylic acid groups (broad SMARTS) is 1. The molecule has 1 aromatic rings. The minimum Gasteiger partial charge on any atom is -0.478 e. The molecule has 0 saturated heterocycles. The predicted molar refractivity (Wildman–Crippen MR) is 80.2 cm³/mol. The van der Waals surface area contributed by atoms with E-state index >= 15 is 0 Å². The zero-order valence-corrected chi connectivity index (χ0v) is 12.1. The number of aromatic carboxylic acids is 1. The summed E-state index contributed by atoms with van der Waals surface area (Å²) in [6, 6.07) is 7.75. The summed E-state index contributed by atoms with van der Waals surface area (Å²) in [6.07, 6.45) is 1.94. The van der Waals surface area contributed by atoms with Crippen LogP contribution in [0.1, 0.15) is 16.8 Å². The second-order valence-electron chi connectivity index (χ2n) is 4.30. The Bertz CT molecular complexity index is 588. The Morgan fingerprint density at radius 1 is 1.36 bits per heavy atom. The molecular weight excluding hydrogens is 286 g/mol. The number of amides is 1. The minimum absolute atomic E-state index is 0.0697. The highest BCUT2D eigenvalue weighted by Crippen LogP contribution is 2.10. The number of carboxylic acids is 1. The molecule has 0 saturated carbocycles. The van der Waals surface area contributed by atoms with Crippen LogP contribution in [0.2, 0.25) is 0 Å². The maximum Gasteiger partial charge on any atom is 0.335 e. The summed E-state index contributed by atoms with van der Waals surface area (Å²) in [5, 5.41) is 23.1. The van der Waals surface area contributed by atoms with E-state index in [4.69, 9.17) is 15.1 Å². The monoisotopic (exact) mass is 303 g/mol. The topological polar surface area (TPSA) is 111 Å². The van der Waals surface area contributed by atoms with Crippen LogP contribution in [0.4, 0.5) is 5.69 Å². The number of benzene rings is 1. The molecule has 0 aliphatic carbocycles. The van der Waals surface area contributed by atoms with Crippen molar-refractivity contribution in [1.82, 2.24) is 5.32 Å². The van der Waals surface area contributed by atoms with Crippen molar-refractivity contribution in [2.45, 2.75) is 6.42 Å². The second-order valence-corrected chi connectivity index (χ2v) is 4.30. The van der Waals surface area contributed by atoms with Gasteiger partial charge in [0.2, 0.25) is 0 Å². The Labute approximate surface area is 128 Å². The third-order valence-corrected chi connectivity index (χ3v) is 2.69. The molecule has 0 radical (unpaired) electrons. The number of nitriles is 1. The maximum absolute atomic E-state index is 11.7. The molecule has 116 valence electrons. The van der Waals surface area contributed by atoms with Gasteiger partial charge in [-0.1, -0.05) is 0 Å². The van der Waals surface area contributed by atoms with Gasteiger partial charge in [-0.3, -0.25) is 4.79 Å². The molecule has 1 amide bonds. The summed E-state index contributed by atoms with van der Waals surface area (Å²) in [5.41, 5.74) is 0.663. The van der Waals surface area contributed by atoms with Crippen molar-refractivity contribution in [3.8, 4) is 6.07 Å². The lowest BCUT2D eigenvalue weighted by Gasteiger charge is -2.05. The summed E-state index contributed by atoms with van der Waals surface area (Å²) >= 11 is 0. The van der Waals surface area contributed by atoms with Gasteiger partial charge in [0.15, 0.2) is 0 Å². The molecule has 22 heavy (non-hydrogen) atoms. The zero-order chi connectivity index (χ0) is 16.4. The SMILES string of the molecule is COCCCNC(=O)/C(C#N)=C\Nc1ccc(C(=O)O)cc1. The molecular formula is C15H17N3O4. The van der Waals surface area contributed by atoms with Gasteiger partial charge in [-0.2, -0.15) is 5.26 Å². The Kier molecular flexibility index (Phi) is 7.16. The van der Waals surface area contributed by atoms with Crippen LogP contribution in [0, 0.1) is 11.3 Å². The number of nitrogens with zero attached hydrogens (tertiary/aromatic N) is 1. The number of carbonyl (C=O) groups excluding carboxylic acids is 1. The summed E-state index contributed by atoms with van der Waals surface area (Å²) in [4.78, 5) is 22.5. The molecule has 0 bridgehead atoms. The van der Waals surface area contributed by atoms with Crippen molar-refractivity contribution in [3.05, 3.63) is 41.6 Å². The van der Waals surface area contributed by atoms with Gasteiger partial charge in [0, 0.05) is 32.1 Å². The zero-order valence-electron chi connectivity index (χ0n) is 12.1. The van der Waals surface area contributed by atoms with Gasteiger partial charge in [-0.05, 0) is 30.7 Å². The normalized spacial score (nSPS) is 10.6. The van der Waals surface area contributed by atoms with Crippen molar-refractivity contribution in [2.24, 2.45) is 0 Å². The molecule has 0 atom stereocenters. The number of methoxy groups -OCH3 is 1. The van der Waals surface area contributed by atoms with Gasteiger partial charge in [0.1, 0.15) is 11.6 Å². The number of ether oxygens (including phenoxy) is 1. The number of anilines is 1. The van der Waals surface area contributed by atoms with Crippen molar-refractivity contribution in [3.63, 3.8) is 0 Å². The molecule has 1 aromatic carbocycles. The first-order valence-corrected chi connectivity index (χ1v) is 6.55. The standard InChI is InChI=1S/C15H17N3O4/c1-22-8-2-7-17-14(19)12(9-16)10-18-13-5-3-11(4-6-13)15(20)21/h3-6,10,18H,2,7-8H2,1H3,(H,17,19)(H,20,21)/b12-10-. The van der Waals surface area contributed by atoms with Crippen LogP contribution in [-0.2, 0) is 9.53 Å². The fourth-order valence-electron chi connectivity index (χ4n) is 1.53. The first-order valence-electron chi connectivity index (χ1n) is 6.55. The van der Waals surface area contributed by atoms with E-state index in [2.05, 4.69) is 10.6 Å². The van der Waals surface area contributed by atoms with E-state index < -0.39 is 11.9 Å². The van der Waals surface area contributed by atoms with E-state index in [1.54, 1.807) is 25.3 Å². The first-order chi connectivity index (χ1) is 10.6. The summed E-state index contributed by atoms with van der Waals surface area (Å²) < 4.78 is 4.86. The van der Waals surface area contributed by atoms with E-state index in [1.165, 1.54) is 18.3 Å². The van der Waals surface area contributed by atoms with Crippen LogP contribution in [0.25, 0.3) is 0 Å². The van der Waals surface area contributed by atoms with Gasteiger partial charge in [-0.25, -0.2) is 4.79 Å². The van der Waals surface area contributed by atoms with Crippen LogP contribution >= 0.6 is 0 Å². The van der Waals surface area contributed by atoms with Crippen molar-refractivity contribution in [1.29, 1.82) is 5.26 Å². The lowest BCUT2D eigenvalue weighted by atomic mass is 10.2. The molecule has 3 N–H and O–H groups in total. The lowest BCUT2D eigenvalue weighted by Crippen LogP contribution is -2.26. The summed E-state index contributed by atoms with van der Waals surface area (Å²) in [5.74, 6) is -1.50. The number of hydrogen-bond donors (Lipinski definition) is 3. The Morgan fingerprint density at radius 2 is 2.05 bits per heavy atom. The minimum atomic E-state index is -1.02. The third-order valence-electron chi connectivity index (χ3n) is 2.69. The maximum atomic E-state index is 11.7. The van der Waals surface area contributed by atoms with E-state index in [1.807, 2.05) is 0 Å². The van der Waals surface area contributed by atoms with Crippen LogP contribution in [-0.4, -0.2) is 37.2 Å². The molecule has 0 aliphatic heterocycles. The van der Waals surface area contributed by atoms with Gasteiger partial charge in [0.05, 0.1) is 5.56 Å². The van der Waals surface area contributed by atoms with E-state index in [9.17, 15) is 9.59 Å². The van der Waals surface area contributed by atoms with Crippen LogP contribution in [0.3, 0.4) is 0 Å². The highest BCUT2D eigenvalue weighted by Gasteiger charge is 2.08. The fraction of sp³-hybridized carbons (Fsp3) is 0.267. The quantitative estimate of drug-likeness (QED) is 0.380. The fourth-order valence-corrected chi connectivity index (χ4v) is 1.53. The van der Waals surface area contributed by atoms with Crippen LogP contribution in [0.15, 0.2) is 36.0 Å². The van der Waals surface area contributed by atoms with Gasteiger partial charge >= 0.3 is 5.97 Å². The van der Waals surface area contributed by atoms with Gasteiger partial charge in [0.25, 0.3) is 5.91 Å². The molecule has 1 rings (SSSR count). The number of rotatable bonds is 8. The van der Waals surface area contributed by atoms with Gasteiger partial charge < -0.3 is 20.5 Å². The van der Waals surface area contributed by atoms with Gasteiger partial charge in [-0.15, -0.1) is 0 Å². The second kappa shape index (κ2) is 9.15. The van der Waals surface area contributed by atoms with Crippen LogP contribution < -0.4 is 10.6 Å². The summed E-state index contributed by atoms with van der Waals surface area (Å²) in [7, 11) is 1.57. The van der Waals surface area contributed by atoms with Crippen molar-refractivity contribution in [2.75, 3.05) is 25.6 Å². The molecule has 0 unspecified atom stereocenters. The Morgan fingerprint density at radius 3 is 2.59 bits per heavy atom. The molecule has 0 aromatic heterocycles. The Balaban J connectivity index is 2.59. The van der Waals surface area contributed by atoms with Crippen molar-refractivity contribution >= 4 is 17.6 Å². The van der Waals surface area contributed by atoms with E-state index in [-0.39, 0.29) is 11.1 Å². The molecule has 0 heterocycles. The number of carbonyl (C=O) groups is 2. The molecule has 0 spiro atoms. The highest BCUT2D eigenvalue weighted by molar-refractivity contribution is 5.97. The number of hydrogen-bond acceptors (Lipinski definition) is 5. The summed E-state index contributed by atoms with van der Waals surface area (Å²) in [6.45, 7) is 0.944. The molecule has 7 nitrogen and oxygen atoms in total. The van der Waals surface area contributed by atoms with Crippen LogP contribution in [0.5, 0.6) is 0 Å². The third kappa shape index (κ3) is 5.64. The number of nitrogens with one attached hydrogen (secondary N) is 2. The Hall–Kier alpha value is -2.85. The predicted octanol–water partition coefficient (Wildman–Crippen LogP) is 1.36. The average Bonchev–Trinajstić information content (AvgIpc) is 2.52. The largest absolute Gasteiger partial charge is 0.478 e. The lowest BCUT2D eigenvalue weighted by molar-refractivity contribution is -0.117. The van der Waals surface area contributed by atoms with E-state index in [0.29, 0.717) is 25.3 Å². The average molecular weight is 303 g/mol. The molecule has 0 fully saturated rings.